The molecular formula is C22H17F4N9O2. The summed E-state index contributed by atoms with van der Waals surface area (Å²) in [6.45, 7) is 1.73. The summed E-state index contributed by atoms with van der Waals surface area (Å²) in [5.41, 5.74) is 8.22. The fraction of sp³-hybridized carbons (Fsp3) is 0.0909. The van der Waals surface area contributed by atoms with E-state index in [0.29, 0.717) is 45.8 Å². The van der Waals surface area contributed by atoms with E-state index in [4.69, 9.17) is 15.6 Å². The summed E-state index contributed by atoms with van der Waals surface area (Å²) in [5, 5.41) is 17.1. The van der Waals surface area contributed by atoms with E-state index in [2.05, 4.69) is 35.5 Å². The van der Waals surface area contributed by atoms with E-state index in [1.807, 2.05) is 6.07 Å². The number of fused-ring (bicyclic) bond motifs is 1. The van der Waals surface area contributed by atoms with Crippen LogP contribution in [-0.4, -0.2) is 51.8 Å². The zero-order valence-electron chi connectivity index (χ0n) is 18.8. The number of hydrogen-bond donors (Lipinski definition) is 4. The largest absolute Gasteiger partial charge is 0.490 e. The SMILES string of the molecule is Cc1nc(N)nc(-c2c(Nc3ccn[nH]3)nc3ccc(-c4ccccc4F)cn23)n1.O=C(O)C(F)(F)F. The Morgan fingerprint density at radius 1 is 1.08 bits per heavy atom. The van der Waals surface area contributed by atoms with Crippen LogP contribution in [0.4, 0.5) is 35.1 Å². The first-order valence-corrected chi connectivity index (χ1v) is 10.3. The molecule has 0 atom stereocenters. The summed E-state index contributed by atoms with van der Waals surface area (Å²) >= 11 is 0. The first-order valence-electron chi connectivity index (χ1n) is 10.3. The van der Waals surface area contributed by atoms with E-state index >= 15 is 0 Å². The van der Waals surface area contributed by atoms with Crippen LogP contribution < -0.4 is 11.1 Å². The molecule has 5 rings (SSSR count). The molecule has 0 bridgehead atoms. The van der Waals surface area contributed by atoms with Crippen LogP contribution in [0, 0.1) is 12.7 Å². The fourth-order valence-electron chi connectivity index (χ4n) is 3.26. The average Bonchev–Trinajstić information content (AvgIpc) is 3.45. The van der Waals surface area contributed by atoms with E-state index < -0.39 is 12.1 Å². The van der Waals surface area contributed by atoms with Crippen molar-refractivity contribution in [3.63, 3.8) is 0 Å². The number of benzene rings is 1. The molecule has 0 aliphatic heterocycles. The number of aromatic amines is 1. The van der Waals surface area contributed by atoms with Crippen LogP contribution in [0.15, 0.2) is 54.9 Å². The van der Waals surface area contributed by atoms with Gasteiger partial charge in [-0.25, -0.2) is 19.2 Å². The molecule has 0 fully saturated rings. The van der Waals surface area contributed by atoms with Crippen LogP contribution in [0.2, 0.25) is 0 Å². The van der Waals surface area contributed by atoms with Crippen molar-refractivity contribution in [2.45, 2.75) is 13.1 Å². The van der Waals surface area contributed by atoms with Gasteiger partial charge in [-0.2, -0.15) is 28.2 Å². The molecule has 1 aromatic carbocycles. The molecule has 4 aromatic heterocycles. The van der Waals surface area contributed by atoms with E-state index in [1.54, 1.807) is 54.0 Å². The van der Waals surface area contributed by atoms with Crippen molar-refractivity contribution in [1.82, 2.24) is 34.5 Å². The zero-order valence-corrected chi connectivity index (χ0v) is 18.8. The second-order valence-corrected chi connectivity index (χ2v) is 7.40. The maximum Gasteiger partial charge on any atom is 0.490 e. The Bertz CT molecular complexity index is 1550. The Kier molecular flexibility index (Phi) is 6.69. The van der Waals surface area contributed by atoms with Gasteiger partial charge in [0.05, 0.1) is 6.20 Å². The Morgan fingerprint density at radius 2 is 1.81 bits per heavy atom. The van der Waals surface area contributed by atoms with Crippen LogP contribution in [0.1, 0.15) is 5.82 Å². The van der Waals surface area contributed by atoms with E-state index in [0.717, 1.165) is 0 Å². The van der Waals surface area contributed by atoms with E-state index in [9.17, 15) is 17.6 Å². The van der Waals surface area contributed by atoms with Gasteiger partial charge >= 0.3 is 12.1 Å². The highest BCUT2D eigenvalue weighted by molar-refractivity contribution is 5.77. The molecule has 37 heavy (non-hydrogen) atoms. The Labute approximate surface area is 205 Å². The van der Waals surface area contributed by atoms with Gasteiger partial charge in [0.2, 0.25) is 5.95 Å². The number of nitrogens with zero attached hydrogens (tertiary/aromatic N) is 6. The first kappa shape index (κ1) is 25.0. The molecule has 11 nitrogen and oxygen atoms in total. The first-order chi connectivity index (χ1) is 17.5. The Hall–Kier alpha value is -5.08. The van der Waals surface area contributed by atoms with Gasteiger partial charge in [-0.15, -0.1) is 0 Å². The van der Waals surface area contributed by atoms with Gasteiger partial charge in [-0.05, 0) is 25.1 Å². The van der Waals surface area contributed by atoms with Gasteiger partial charge < -0.3 is 16.2 Å². The number of halogens is 4. The second kappa shape index (κ2) is 9.88. The number of carboxylic acids is 1. The van der Waals surface area contributed by atoms with E-state index in [-0.39, 0.29) is 11.8 Å². The topological polar surface area (TPSA) is 160 Å². The Balaban J connectivity index is 0.000000405. The minimum atomic E-state index is -5.08. The number of H-pyrrole nitrogens is 1. The van der Waals surface area contributed by atoms with Crippen molar-refractivity contribution >= 4 is 29.2 Å². The van der Waals surface area contributed by atoms with Gasteiger partial charge in [0, 0.05) is 23.4 Å². The average molecular weight is 515 g/mol. The smallest absolute Gasteiger partial charge is 0.475 e. The van der Waals surface area contributed by atoms with Crippen LogP contribution in [0.5, 0.6) is 0 Å². The third kappa shape index (κ3) is 5.61. The lowest BCUT2D eigenvalue weighted by Crippen LogP contribution is -2.21. The van der Waals surface area contributed by atoms with Gasteiger partial charge in [0.15, 0.2) is 11.6 Å². The molecule has 5 aromatic rings. The monoisotopic (exact) mass is 515 g/mol. The third-order valence-corrected chi connectivity index (χ3v) is 4.78. The number of alkyl halides is 3. The third-order valence-electron chi connectivity index (χ3n) is 4.78. The summed E-state index contributed by atoms with van der Waals surface area (Å²) in [6.07, 6.45) is -1.66. The van der Waals surface area contributed by atoms with Crippen molar-refractivity contribution in [2.75, 3.05) is 11.1 Å². The number of aryl methyl sites for hydroxylation is 1. The summed E-state index contributed by atoms with van der Waals surface area (Å²) in [5.74, 6) is -1.000. The number of rotatable bonds is 4. The molecule has 0 radical (unpaired) electrons. The quantitative estimate of drug-likeness (QED) is 0.260. The van der Waals surface area contributed by atoms with Crippen LogP contribution in [0.3, 0.4) is 0 Å². The van der Waals surface area contributed by atoms with Crippen molar-refractivity contribution in [2.24, 2.45) is 0 Å². The lowest BCUT2D eigenvalue weighted by Gasteiger charge is -2.08. The van der Waals surface area contributed by atoms with Crippen LogP contribution in [-0.2, 0) is 4.79 Å². The minimum Gasteiger partial charge on any atom is -0.475 e. The number of aliphatic carboxylic acids is 1. The number of nitrogens with one attached hydrogen (secondary N) is 2. The van der Waals surface area contributed by atoms with Gasteiger partial charge in [0.25, 0.3) is 0 Å². The highest BCUT2D eigenvalue weighted by Gasteiger charge is 2.38. The molecule has 0 aliphatic carbocycles. The predicted octanol–water partition coefficient (Wildman–Crippen LogP) is 3.98. The van der Waals surface area contributed by atoms with Crippen molar-refractivity contribution in [3.05, 3.63) is 66.5 Å². The zero-order chi connectivity index (χ0) is 26.7. The Morgan fingerprint density at radius 3 is 2.43 bits per heavy atom. The molecule has 4 heterocycles. The minimum absolute atomic E-state index is 0.102. The maximum absolute atomic E-state index is 14.4. The maximum atomic E-state index is 14.4. The number of nitrogens with two attached hydrogens (primary N) is 1. The summed E-state index contributed by atoms with van der Waals surface area (Å²) in [7, 11) is 0. The molecule has 0 saturated heterocycles. The highest BCUT2D eigenvalue weighted by atomic mass is 19.4. The number of anilines is 3. The normalized spacial score (nSPS) is 11.2. The van der Waals surface area contributed by atoms with Crippen LogP contribution >= 0.6 is 0 Å². The summed E-state index contributed by atoms with van der Waals surface area (Å²) < 4.78 is 47.9. The molecular weight excluding hydrogens is 498 g/mol. The highest BCUT2D eigenvalue weighted by Crippen LogP contribution is 2.31. The van der Waals surface area contributed by atoms with Crippen molar-refractivity contribution < 1.29 is 27.5 Å². The predicted molar refractivity (Wildman–Crippen MR) is 124 cm³/mol. The van der Waals surface area contributed by atoms with Crippen LogP contribution in [0.25, 0.3) is 28.3 Å². The molecule has 0 amide bonds. The lowest BCUT2D eigenvalue weighted by atomic mass is 10.1. The molecule has 0 aliphatic rings. The summed E-state index contributed by atoms with van der Waals surface area (Å²) in [6, 6.07) is 12.0. The second-order valence-electron chi connectivity index (χ2n) is 7.40. The van der Waals surface area contributed by atoms with Gasteiger partial charge in [-0.1, -0.05) is 18.2 Å². The molecule has 15 heteroatoms. The van der Waals surface area contributed by atoms with Crippen molar-refractivity contribution in [1.29, 1.82) is 0 Å². The lowest BCUT2D eigenvalue weighted by molar-refractivity contribution is -0.192. The number of imidazole rings is 1. The fourth-order valence-corrected chi connectivity index (χ4v) is 3.26. The van der Waals surface area contributed by atoms with Gasteiger partial charge in [-0.3, -0.25) is 9.50 Å². The summed E-state index contributed by atoms with van der Waals surface area (Å²) in [4.78, 5) is 26.3. The number of hydrogen-bond acceptors (Lipinski definition) is 8. The van der Waals surface area contributed by atoms with Gasteiger partial charge in [0.1, 0.15) is 28.8 Å². The van der Waals surface area contributed by atoms with E-state index in [1.165, 1.54) is 6.07 Å². The molecule has 5 N–H and O–H groups in total. The standard InChI is InChI=1S/C20H16FN9.C2HF3O2/c1-11-24-18(28-20(22)25-11)17-19(26-15-8-9-23-29-15)27-16-7-6-12(10-30(16)17)13-4-2-3-5-14(13)21;3-2(4,5)1(6)7/h2-10H,1H3,(H2,23,26,29)(H2,22,24,25,28);(H,6,7). The molecule has 0 spiro atoms. The number of nitrogen functional groups attached to an aromatic ring is 1. The molecule has 0 unspecified atom stereocenters. The molecule has 190 valence electrons. The number of pyridine rings is 1. The number of carboxylic acid groups (broad SMARTS) is 1. The van der Waals surface area contributed by atoms with Crippen molar-refractivity contribution in [3.8, 4) is 22.6 Å². The number of aromatic nitrogens is 7. The number of carbonyl (C=O) groups is 1. The molecule has 0 saturated carbocycles.